The number of amides is 1. The minimum absolute atomic E-state index is 0.00805. The zero-order chi connectivity index (χ0) is 15.4. The van der Waals surface area contributed by atoms with Gasteiger partial charge in [-0.25, -0.2) is 0 Å². The Balaban J connectivity index is 2.14. The number of nitro groups is 1. The third-order valence-corrected chi connectivity index (χ3v) is 4.07. The van der Waals surface area contributed by atoms with E-state index in [0.717, 1.165) is 18.8 Å². The third-order valence-electron chi connectivity index (χ3n) is 4.07. The number of carbonyl (C=O) groups excluding carboxylic acids is 1. The molecular formula is C15H21N3O3. The van der Waals surface area contributed by atoms with E-state index >= 15 is 0 Å². The van der Waals surface area contributed by atoms with Crippen molar-refractivity contribution in [3.63, 3.8) is 0 Å². The molecule has 0 aliphatic heterocycles. The van der Waals surface area contributed by atoms with Crippen molar-refractivity contribution in [1.82, 2.24) is 5.32 Å². The molecule has 1 fully saturated rings. The van der Waals surface area contributed by atoms with E-state index in [1.807, 2.05) is 0 Å². The maximum atomic E-state index is 11.6. The number of hydrogen-bond acceptors (Lipinski definition) is 4. The molecule has 0 bridgehead atoms. The fourth-order valence-corrected chi connectivity index (χ4v) is 2.89. The van der Waals surface area contributed by atoms with Gasteiger partial charge in [-0.1, -0.05) is 13.3 Å². The van der Waals surface area contributed by atoms with Crippen molar-refractivity contribution in [2.45, 2.75) is 26.2 Å². The highest BCUT2D eigenvalue weighted by atomic mass is 16.6. The Labute approximate surface area is 124 Å². The second kappa shape index (κ2) is 6.56. The molecule has 0 heterocycles. The number of nitro benzene ring substituents is 1. The summed E-state index contributed by atoms with van der Waals surface area (Å²) in [5, 5.41) is 16.8. The van der Waals surface area contributed by atoms with Crippen molar-refractivity contribution in [3.05, 3.63) is 33.9 Å². The quantitative estimate of drug-likeness (QED) is 0.645. The van der Waals surface area contributed by atoms with E-state index < -0.39 is 4.92 Å². The van der Waals surface area contributed by atoms with Crippen LogP contribution in [0.5, 0.6) is 0 Å². The lowest BCUT2D eigenvalue weighted by atomic mass is 10.1. The highest BCUT2D eigenvalue weighted by Crippen LogP contribution is 2.32. The molecule has 114 valence electrons. The molecule has 0 spiro atoms. The number of hydrogen-bond donors (Lipinski definition) is 2. The number of rotatable bonds is 5. The molecule has 2 unspecified atom stereocenters. The first-order valence-corrected chi connectivity index (χ1v) is 7.25. The minimum atomic E-state index is -0.423. The van der Waals surface area contributed by atoms with E-state index in [0.29, 0.717) is 23.7 Å². The summed E-state index contributed by atoms with van der Waals surface area (Å²) in [5.74, 6) is 1.02. The summed E-state index contributed by atoms with van der Waals surface area (Å²) < 4.78 is 0. The first-order valence-electron chi connectivity index (χ1n) is 7.25. The Hall–Kier alpha value is -2.11. The Morgan fingerprint density at radius 1 is 1.43 bits per heavy atom. The van der Waals surface area contributed by atoms with Gasteiger partial charge in [0.2, 0.25) is 0 Å². The largest absolute Gasteiger partial charge is 0.379 e. The van der Waals surface area contributed by atoms with Crippen LogP contribution in [0.1, 0.15) is 36.5 Å². The van der Waals surface area contributed by atoms with Crippen LogP contribution in [-0.2, 0) is 0 Å². The fourth-order valence-electron chi connectivity index (χ4n) is 2.89. The summed E-state index contributed by atoms with van der Waals surface area (Å²) in [7, 11) is 1.54. The van der Waals surface area contributed by atoms with Crippen LogP contribution < -0.4 is 10.6 Å². The molecule has 1 aliphatic rings. The average molecular weight is 291 g/mol. The molecule has 2 atom stereocenters. The Bertz CT molecular complexity index is 545. The molecule has 6 heteroatoms. The molecule has 1 aliphatic carbocycles. The van der Waals surface area contributed by atoms with Crippen LogP contribution in [-0.4, -0.2) is 24.4 Å². The van der Waals surface area contributed by atoms with Crippen molar-refractivity contribution in [2.24, 2.45) is 11.8 Å². The van der Waals surface area contributed by atoms with Crippen molar-refractivity contribution >= 4 is 17.3 Å². The minimum Gasteiger partial charge on any atom is -0.379 e. The van der Waals surface area contributed by atoms with Gasteiger partial charge in [-0.05, 0) is 36.8 Å². The molecule has 2 N–H and O–H groups in total. The molecule has 0 radical (unpaired) electrons. The molecule has 2 rings (SSSR count). The summed E-state index contributed by atoms with van der Waals surface area (Å²) in [6.45, 7) is 2.94. The molecule has 1 saturated carbocycles. The second-order valence-electron chi connectivity index (χ2n) is 5.73. The summed E-state index contributed by atoms with van der Waals surface area (Å²) in [6.07, 6.45) is 3.51. The van der Waals surface area contributed by atoms with Gasteiger partial charge in [-0.2, -0.15) is 0 Å². The number of benzene rings is 1. The third kappa shape index (κ3) is 3.71. The predicted octanol–water partition coefficient (Wildman–Crippen LogP) is 2.80. The van der Waals surface area contributed by atoms with Gasteiger partial charge >= 0.3 is 0 Å². The van der Waals surface area contributed by atoms with Crippen molar-refractivity contribution < 1.29 is 9.72 Å². The topological polar surface area (TPSA) is 84.3 Å². The zero-order valence-electron chi connectivity index (χ0n) is 12.4. The first-order chi connectivity index (χ1) is 10.0. The lowest BCUT2D eigenvalue weighted by molar-refractivity contribution is -0.384. The lowest BCUT2D eigenvalue weighted by Gasteiger charge is -2.13. The van der Waals surface area contributed by atoms with Gasteiger partial charge in [0.25, 0.3) is 11.6 Å². The Morgan fingerprint density at radius 3 is 2.76 bits per heavy atom. The van der Waals surface area contributed by atoms with Crippen LogP contribution in [0, 0.1) is 22.0 Å². The van der Waals surface area contributed by atoms with Gasteiger partial charge in [-0.15, -0.1) is 0 Å². The van der Waals surface area contributed by atoms with Gasteiger partial charge in [0.15, 0.2) is 0 Å². The number of nitrogens with one attached hydrogen (secondary N) is 2. The standard InChI is InChI=1S/C15H21N3O3/c1-10-3-4-11(7-10)9-17-13-8-12(15(19)16-2)5-6-14(13)18(20)21/h5-6,8,10-11,17H,3-4,7,9H2,1-2H3,(H,16,19). The van der Waals surface area contributed by atoms with Gasteiger partial charge < -0.3 is 10.6 Å². The van der Waals surface area contributed by atoms with Crippen LogP contribution in [0.4, 0.5) is 11.4 Å². The highest BCUT2D eigenvalue weighted by Gasteiger charge is 2.22. The number of anilines is 1. The van der Waals surface area contributed by atoms with E-state index in [1.54, 1.807) is 6.07 Å². The van der Waals surface area contributed by atoms with Gasteiger partial charge in [0, 0.05) is 25.2 Å². The second-order valence-corrected chi connectivity index (χ2v) is 5.73. The molecule has 1 aromatic rings. The highest BCUT2D eigenvalue weighted by molar-refractivity contribution is 5.95. The van der Waals surface area contributed by atoms with Crippen LogP contribution >= 0.6 is 0 Å². The zero-order valence-corrected chi connectivity index (χ0v) is 12.4. The van der Waals surface area contributed by atoms with E-state index in [2.05, 4.69) is 17.6 Å². The first kappa shape index (κ1) is 15.3. The van der Waals surface area contributed by atoms with Gasteiger partial charge in [0.05, 0.1) is 4.92 Å². The van der Waals surface area contributed by atoms with Crippen molar-refractivity contribution in [1.29, 1.82) is 0 Å². The SMILES string of the molecule is CNC(=O)c1ccc([N+](=O)[O-])c(NCC2CCC(C)C2)c1. The van der Waals surface area contributed by atoms with Crippen molar-refractivity contribution in [2.75, 3.05) is 18.9 Å². The number of carbonyl (C=O) groups is 1. The smallest absolute Gasteiger partial charge is 0.292 e. The normalized spacial score (nSPS) is 21.0. The predicted molar refractivity (Wildman–Crippen MR) is 81.5 cm³/mol. The molecule has 1 amide bonds. The maximum absolute atomic E-state index is 11.6. The maximum Gasteiger partial charge on any atom is 0.292 e. The van der Waals surface area contributed by atoms with Gasteiger partial charge in [0.1, 0.15) is 5.69 Å². The molecule has 1 aromatic carbocycles. The van der Waals surface area contributed by atoms with Crippen LogP contribution in [0.2, 0.25) is 0 Å². The fraction of sp³-hybridized carbons (Fsp3) is 0.533. The average Bonchev–Trinajstić information content (AvgIpc) is 2.89. The van der Waals surface area contributed by atoms with Crippen molar-refractivity contribution in [3.8, 4) is 0 Å². The molecule has 21 heavy (non-hydrogen) atoms. The van der Waals surface area contributed by atoms with E-state index in [1.165, 1.54) is 25.6 Å². The number of nitrogens with zero attached hydrogens (tertiary/aromatic N) is 1. The summed E-state index contributed by atoms with van der Waals surface area (Å²) in [5.41, 5.74) is 0.847. The summed E-state index contributed by atoms with van der Waals surface area (Å²) in [6, 6.07) is 4.40. The lowest BCUT2D eigenvalue weighted by Crippen LogP contribution is -2.18. The summed E-state index contributed by atoms with van der Waals surface area (Å²) in [4.78, 5) is 22.3. The Morgan fingerprint density at radius 2 is 2.19 bits per heavy atom. The van der Waals surface area contributed by atoms with E-state index in [9.17, 15) is 14.9 Å². The van der Waals surface area contributed by atoms with Crippen LogP contribution in [0.3, 0.4) is 0 Å². The van der Waals surface area contributed by atoms with E-state index in [-0.39, 0.29) is 11.6 Å². The molecule has 0 saturated heterocycles. The van der Waals surface area contributed by atoms with E-state index in [4.69, 9.17) is 0 Å². The monoisotopic (exact) mass is 291 g/mol. The van der Waals surface area contributed by atoms with Crippen LogP contribution in [0.15, 0.2) is 18.2 Å². The molecular weight excluding hydrogens is 270 g/mol. The molecule has 6 nitrogen and oxygen atoms in total. The summed E-state index contributed by atoms with van der Waals surface area (Å²) >= 11 is 0. The van der Waals surface area contributed by atoms with Crippen LogP contribution in [0.25, 0.3) is 0 Å². The Kier molecular flexibility index (Phi) is 4.77. The molecule has 0 aromatic heterocycles. The van der Waals surface area contributed by atoms with Gasteiger partial charge in [-0.3, -0.25) is 14.9 Å².